The van der Waals surface area contributed by atoms with Gasteiger partial charge < -0.3 is 14.2 Å². The molecule has 10 atom stereocenters. The highest BCUT2D eigenvalue weighted by Crippen LogP contribution is 2.69. The highest BCUT2D eigenvalue weighted by atomic mass is 16.5. The molecule has 0 radical (unpaired) electrons. The minimum atomic E-state index is -0.235. The summed E-state index contributed by atoms with van der Waals surface area (Å²) < 4.78 is 17.6. The molecule has 0 aromatic heterocycles. The lowest BCUT2D eigenvalue weighted by Gasteiger charge is -2.62. The van der Waals surface area contributed by atoms with Gasteiger partial charge in [0, 0.05) is 11.8 Å². The Morgan fingerprint density at radius 2 is 1.44 bits per heavy atom. The molecular formula is C39H50O6. The van der Waals surface area contributed by atoms with Crippen LogP contribution < -0.4 is 0 Å². The number of esters is 3. The lowest BCUT2D eigenvalue weighted by atomic mass is 9.43. The van der Waals surface area contributed by atoms with Crippen LogP contribution in [0.15, 0.2) is 60.7 Å². The average Bonchev–Trinajstić information content (AvgIpc) is 3.43. The molecule has 0 N–H and O–H groups in total. The van der Waals surface area contributed by atoms with Crippen molar-refractivity contribution in [3.05, 3.63) is 71.8 Å². The van der Waals surface area contributed by atoms with E-state index < -0.39 is 0 Å². The summed E-state index contributed by atoms with van der Waals surface area (Å²) in [4.78, 5) is 38.6. The number of benzene rings is 2. The van der Waals surface area contributed by atoms with E-state index in [-0.39, 0.29) is 40.9 Å². The summed E-state index contributed by atoms with van der Waals surface area (Å²) in [6.07, 6.45) is 9.21. The zero-order valence-electron chi connectivity index (χ0n) is 27.4. The van der Waals surface area contributed by atoms with Gasteiger partial charge in [0.1, 0.15) is 12.2 Å². The monoisotopic (exact) mass is 614 g/mol. The Morgan fingerprint density at radius 3 is 2.09 bits per heavy atom. The summed E-state index contributed by atoms with van der Waals surface area (Å²) >= 11 is 0. The predicted molar refractivity (Wildman–Crippen MR) is 172 cm³/mol. The van der Waals surface area contributed by atoms with Crippen LogP contribution in [0.3, 0.4) is 0 Å². The van der Waals surface area contributed by atoms with Crippen LogP contribution in [0.5, 0.6) is 0 Å². The molecule has 0 spiro atoms. The second kappa shape index (κ2) is 12.9. The number of fused-ring (bicyclic) bond motifs is 5. The molecule has 45 heavy (non-hydrogen) atoms. The first-order valence-electron chi connectivity index (χ1n) is 17.2. The van der Waals surface area contributed by atoms with Crippen molar-refractivity contribution in [2.75, 3.05) is 7.11 Å². The van der Waals surface area contributed by atoms with Crippen LogP contribution in [-0.4, -0.2) is 37.2 Å². The quantitative estimate of drug-likeness (QED) is 0.220. The van der Waals surface area contributed by atoms with Gasteiger partial charge in [0.15, 0.2) is 0 Å². The molecule has 4 aliphatic carbocycles. The molecule has 0 aliphatic heterocycles. The molecule has 0 saturated heterocycles. The molecular weight excluding hydrogens is 564 g/mol. The van der Waals surface area contributed by atoms with Crippen LogP contribution in [0.4, 0.5) is 0 Å². The number of hydrogen-bond acceptors (Lipinski definition) is 6. The molecule has 0 amide bonds. The Kier molecular flexibility index (Phi) is 9.14. The number of rotatable bonds is 8. The van der Waals surface area contributed by atoms with Crippen molar-refractivity contribution in [3.63, 3.8) is 0 Å². The van der Waals surface area contributed by atoms with E-state index in [9.17, 15) is 14.4 Å². The van der Waals surface area contributed by atoms with Gasteiger partial charge in [-0.3, -0.25) is 4.79 Å². The van der Waals surface area contributed by atoms with Crippen molar-refractivity contribution >= 4 is 17.9 Å². The maximum absolute atomic E-state index is 13.6. The van der Waals surface area contributed by atoms with Gasteiger partial charge in [-0.2, -0.15) is 0 Å². The fourth-order valence-corrected chi connectivity index (χ4v) is 10.6. The Labute approximate surface area is 268 Å². The molecule has 4 fully saturated rings. The van der Waals surface area contributed by atoms with Gasteiger partial charge in [-0.1, -0.05) is 57.2 Å². The summed E-state index contributed by atoms with van der Waals surface area (Å²) in [7, 11) is 1.46. The molecule has 0 bridgehead atoms. The van der Waals surface area contributed by atoms with E-state index >= 15 is 0 Å². The second-order valence-corrected chi connectivity index (χ2v) is 15.0. The van der Waals surface area contributed by atoms with Gasteiger partial charge >= 0.3 is 17.9 Å². The summed E-state index contributed by atoms with van der Waals surface area (Å²) in [6.45, 7) is 7.16. The zero-order chi connectivity index (χ0) is 31.8. The van der Waals surface area contributed by atoms with Crippen molar-refractivity contribution < 1.29 is 28.6 Å². The van der Waals surface area contributed by atoms with Crippen molar-refractivity contribution in [1.82, 2.24) is 0 Å². The molecule has 0 unspecified atom stereocenters. The first-order valence-corrected chi connectivity index (χ1v) is 17.2. The average molecular weight is 615 g/mol. The second-order valence-electron chi connectivity index (χ2n) is 15.0. The van der Waals surface area contributed by atoms with Crippen molar-refractivity contribution in [2.45, 2.75) is 97.2 Å². The zero-order valence-corrected chi connectivity index (χ0v) is 27.4. The van der Waals surface area contributed by atoms with Gasteiger partial charge in [0.25, 0.3) is 0 Å². The first kappa shape index (κ1) is 31.8. The van der Waals surface area contributed by atoms with Gasteiger partial charge in [-0.05, 0) is 123 Å². The van der Waals surface area contributed by atoms with Crippen molar-refractivity contribution in [1.29, 1.82) is 0 Å². The lowest BCUT2D eigenvalue weighted by molar-refractivity contribution is -0.176. The molecule has 242 valence electrons. The van der Waals surface area contributed by atoms with Crippen LogP contribution in [0.2, 0.25) is 0 Å². The number of carbonyl (C=O) groups is 3. The van der Waals surface area contributed by atoms with E-state index in [4.69, 9.17) is 14.2 Å². The van der Waals surface area contributed by atoms with Gasteiger partial charge in [-0.25, -0.2) is 9.59 Å². The number of ether oxygens (including phenoxy) is 3. The lowest BCUT2D eigenvalue weighted by Crippen LogP contribution is -2.59. The van der Waals surface area contributed by atoms with Gasteiger partial charge in [0.2, 0.25) is 0 Å². The topological polar surface area (TPSA) is 78.9 Å². The van der Waals surface area contributed by atoms with E-state index in [2.05, 4.69) is 20.8 Å². The van der Waals surface area contributed by atoms with Crippen LogP contribution in [-0.2, 0) is 19.0 Å². The van der Waals surface area contributed by atoms with Gasteiger partial charge in [-0.15, -0.1) is 0 Å². The molecule has 6 heteroatoms. The van der Waals surface area contributed by atoms with Crippen molar-refractivity contribution in [3.8, 4) is 0 Å². The number of carbonyl (C=O) groups excluding carboxylic acids is 3. The first-order chi connectivity index (χ1) is 21.6. The third-order valence-electron chi connectivity index (χ3n) is 13.0. The smallest absolute Gasteiger partial charge is 0.338 e. The maximum Gasteiger partial charge on any atom is 0.338 e. The highest BCUT2D eigenvalue weighted by Gasteiger charge is 2.65. The fraction of sp³-hybridized carbons (Fsp3) is 0.615. The molecule has 2 aromatic rings. The Balaban J connectivity index is 1.24. The Hall–Kier alpha value is -3.15. The minimum absolute atomic E-state index is 0.0561. The third-order valence-corrected chi connectivity index (χ3v) is 13.0. The minimum Gasteiger partial charge on any atom is -0.469 e. The summed E-state index contributed by atoms with van der Waals surface area (Å²) in [5.41, 5.74) is 1.18. The van der Waals surface area contributed by atoms with E-state index in [1.165, 1.54) is 13.5 Å². The van der Waals surface area contributed by atoms with E-state index in [0.29, 0.717) is 53.1 Å². The standard InChI is InChI=1S/C39H50O6/c1-25(15-20-35(40)43-4)31-18-19-32-30-17-16-28-23-29(44-36(41)26-11-7-5-8-12-26)21-22-38(28,2)33(30)24-34(39(31,32)3)45-37(42)27-13-9-6-10-14-27/h5-14,25,28-34H,15-24H2,1-4H3/t25-,28-,29+,30+,31-,32-,33+,34-,38-,39+/m0/s1. The third kappa shape index (κ3) is 5.94. The van der Waals surface area contributed by atoms with Crippen molar-refractivity contribution in [2.24, 2.45) is 46.3 Å². The SMILES string of the molecule is COC(=O)CC[C@H](C)[C@@H]1CC[C@H]2[C@H]3CC[C@H]4C[C@H](OC(=O)c5ccccc5)CC[C@]4(C)[C@@H]3C[C@H](OC(=O)c3ccccc3)[C@@]21C. The normalized spacial score (nSPS) is 36.0. The molecule has 0 heterocycles. The van der Waals surface area contributed by atoms with E-state index in [0.717, 1.165) is 51.4 Å². The van der Waals surface area contributed by atoms with Crippen LogP contribution in [0, 0.1) is 46.3 Å². The van der Waals surface area contributed by atoms with E-state index in [1.807, 2.05) is 60.7 Å². The van der Waals surface area contributed by atoms with Gasteiger partial charge in [0.05, 0.1) is 18.2 Å². The molecule has 6 nitrogen and oxygen atoms in total. The highest BCUT2D eigenvalue weighted by molar-refractivity contribution is 5.90. The largest absolute Gasteiger partial charge is 0.469 e. The maximum atomic E-state index is 13.6. The molecule has 6 rings (SSSR count). The fourth-order valence-electron chi connectivity index (χ4n) is 10.6. The summed E-state index contributed by atoms with van der Waals surface area (Å²) in [6, 6.07) is 18.7. The molecule has 2 aromatic carbocycles. The number of methoxy groups -OCH3 is 1. The van der Waals surface area contributed by atoms with Crippen LogP contribution >= 0.6 is 0 Å². The van der Waals surface area contributed by atoms with Crippen LogP contribution in [0.1, 0.15) is 106 Å². The Bertz CT molecular complexity index is 1360. The summed E-state index contributed by atoms with van der Waals surface area (Å²) in [5, 5.41) is 0. The molecule has 4 aliphatic rings. The van der Waals surface area contributed by atoms with E-state index in [1.54, 1.807) is 0 Å². The number of hydrogen-bond donors (Lipinski definition) is 0. The Morgan fingerprint density at radius 1 is 0.800 bits per heavy atom. The van der Waals surface area contributed by atoms with Crippen LogP contribution in [0.25, 0.3) is 0 Å². The predicted octanol–water partition coefficient (Wildman–Crippen LogP) is 8.30. The summed E-state index contributed by atoms with van der Waals surface area (Å²) in [5.74, 6) is 2.08. The molecule has 4 saturated carbocycles.